The molecule has 144 valence electrons. The van der Waals surface area contributed by atoms with Crippen LogP contribution in [0.4, 0.5) is 0 Å². The molecule has 0 aromatic carbocycles. The van der Waals surface area contributed by atoms with Crippen molar-refractivity contribution in [3.63, 3.8) is 0 Å². The standard InChI is InChI=1S/C20H28N6O/c1-15-7-8-18(24(15)3)20-23-22-19(27-20)14-26-11-5-4-6-17(26)9-12-25-13-10-21-16(25)2/h7-8,10,13,17H,4-6,9,11-12,14H2,1-3H3/t17-/m1/s1. The maximum atomic E-state index is 5.98. The maximum Gasteiger partial charge on any atom is 0.264 e. The van der Waals surface area contributed by atoms with Gasteiger partial charge in [0.2, 0.25) is 5.89 Å². The van der Waals surface area contributed by atoms with Crippen LogP contribution in [0.2, 0.25) is 0 Å². The predicted molar refractivity (Wildman–Crippen MR) is 103 cm³/mol. The zero-order chi connectivity index (χ0) is 18.8. The van der Waals surface area contributed by atoms with Gasteiger partial charge in [0.15, 0.2) is 0 Å². The molecule has 1 aliphatic heterocycles. The molecular weight excluding hydrogens is 340 g/mol. The number of hydrogen-bond acceptors (Lipinski definition) is 5. The molecule has 3 aromatic heterocycles. The molecule has 3 aromatic rings. The van der Waals surface area contributed by atoms with Gasteiger partial charge in [-0.25, -0.2) is 4.98 Å². The molecule has 0 spiro atoms. The Kier molecular flexibility index (Phi) is 5.11. The summed E-state index contributed by atoms with van der Waals surface area (Å²) in [4.78, 5) is 6.82. The highest BCUT2D eigenvalue weighted by molar-refractivity contribution is 5.48. The van der Waals surface area contributed by atoms with Gasteiger partial charge in [0.1, 0.15) is 11.5 Å². The van der Waals surface area contributed by atoms with E-state index < -0.39 is 0 Å². The Morgan fingerprint density at radius 2 is 2.07 bits per heavy atom. The zero-order valence-electron chi connectivity index (χ0n) is 16.4. The van der Waals surface area contributed by atoms with Crippen molar-refractivity contribution >= 4 is 0 Å². The highest BCUT2D eigenvalue weighted by Gasteiger charge is 2.24. The van der Waals surface area contributed by atoms with Crippen molar-refractivity contribution < 1.29 is 4.42 Å². The van der Waals surface area contributed by atoms with Gasteiger partial charge >= 0.3 is 0 Å². The first-order chi connectivity index (χ1) is 13.1. The first kappa shape index (κ1) is 18.0. The topological polar surface area (TPSA) is 64.9 Å². The molecule has 4 heterocycles. The summed E-state index contributed by atoms with van der Waals surface area (Å²) in [6.07, 6.45) is 8.81. The Labute approximate surface area is 160 Å². The van der Waals surface area contributed by atoms with Crippen molar-refractivity contribution in [1.29, 1.82) is 0 Å². The summed E-state index contributed by atoms with van der Waals surface area (Å²) >= 11 is 0. The van der Waals surface area contributed by atoms with Crippen LogP contribution in [0.3, 0.4) is 0 Å². The van der Waals surface area contributed by atoms with E-state index in [2.05, 4.69) is 55.3 Å². The Bertz CT molecular complexity index is 892. The number of hydrogen-bond donors (Lipinski definition) is 0. The average Bonchev–Trinajstić information content (AvgIpc) is 3.37. The van der Waals surface area contributed by atoms with Gasteiger partial charge in [-0.2, -0.15) is 0 Å². The minimum atomic E-state index is 0.549. The zero-order valence-corrected chi connectivity index (χ0v) is 16.4. The van der Waals surface area contributed by atoms with Gasteiger partial charge in [-0.05, 0) is 51.8 Å². The minimum absolute atomic E-state index is 0.549. The predicted octanol–water partition coefficient (Wildman–Crippen LogP) is 3.33. The molecule has 0 unspecified atom stereocenters. The Balaban J connectivity index is 1.42. The van der Waals surface area contributed by atoms with E-state index in [0.29, 0.717) is 17.8 Å². The van der Waals surface area contributed by atoms with Crippen LogP contribution in [0, 0.1) is 13.8 Å². The van der Waals surface area contributed by atoms with Gasteiger partial charge in [-0.1, -0.05) is 6.42 Å². The van der Waals surface area contributed by atoms with Gasteiger partial charge < -0.3 is 13.6 Å². The van der Waals surface area contributed by atoms with Gasteiger partial charge in [0.05, 0.1) is 6.54 Å². The van der Waals surface area contributed by atoms with E-state index in [1.807, 2.05) is 19.3 Å². The van der Waals surface area contributed by atoms with Crippen LogP contribution in [-0.4, -0.2) is 41.8 Å². The van der Waals surface area contributed by atoms with E-state index in [1.54, 1.807) is 0 Å². The smallest absolute Gasteiger partial charge is 0.264 e. The third-order valence-corrected chi connectivity index (χ3v) is 5.77. The highest BCUT2D eigenvalue weighted by Crippen LogP contribution is 2.24. The van der Waals surface area contributed by atoms with Gasteiger partial charge in [0, 0.05) is 37.7 Å². The minimum Gasteiger partial charge on any atom is -0.418 e. The molecule has 7 heteroatoms. The summed E-state index contributed by atoms with van der Waals surface area (Å²) in [6, 6.07) is 4.65. The fraction of sp³-hybridized carbons (Fsp3) is 0.550. The molecule has 0 saturated carbocycles. The molecule has 27 heavy (non-hydrogen) atoms. The summed E-state index contributed by atoms with van der Waals surface area (Å²) < 4.78 is 10.3. The molecule has 1 fully saturated rings. The Hall–Kier alpha value is -2.41. The summed E-state index contributed by atoms with van der Waals surface area (Å²) in [5.41, 5.74) is 2.15. The van der Waals surface area contributed by atoms with E-state index in [-0.39, 0.29) is 0 Å². The monoisotopic (exact) mass is 368 g/mol. The van der Waals surface area contributed by atoms with E-state index in [0.717, 1.165) is 37.6 Å². The first-order valence-corrected chi connectivity index (χ1v) is 9.78. The van der Waals surface area contributed by atoms with Crippen LogP contribution in [0.15, 0.2) is 28.9 Å². The summed E-state index contributed by atoms with van der Waals surface area (Å²) in [6.45, 7) is 6.95. The molecule has 0 amide bonds. The second kappa shape index (κ2) is 7.68. The lowest BCUT2D eigenvalue weighted by Crippen LogP contribution is -2.39. The summed E-state index contributed by atoms with van der Waals surface area (Å²) in [5.74, 6) is 2.38. The summed E-state index contributed by atoms with van der Waals surface area (Å²) in [7, 11) is 2.02. The van der Waals surface area contributed by atoms with Crippen molar-refractivity contribution in [2.75, 3.05) is 6.54 Å². The average molecular weight is 368 g/mol. The molecule has 0 bridgehead atoms. The van der Waals surface area contributed by atoms with E-state index in [1.165, 1.54) is 25.0 Å². The number of piperidine rings is 1. The molecule has 7 nitrogen and oxygen atoms in total. The van der Waals surface area contributed by atoms with E-state index in [4.69, 9.17) is 4.42 Å². The Morgan fingerprint density at radius 1 is 1.19 bits per heavy atom. The number of rotatable bonds is 6. The van der Waals surface area contributed by atoms with Crippen LogP contribution in [0.1, 0.15) is 43.1 Å². The van der Waals surface area contributed by atoms with E-state index in [9.17, 15) is 0 Å². The normalized spacial score (nSPS) is 18.3. The molecule has 4 rings (SSSR count). The lowest BCUT2D eigenvalue weighted by Gasteiger charge is -2.34. The quantitative estimate of drug-likeness (QED) is 0.668. The van der Waals surface area contributed by atoms with Crippen molar-refractivity contribution in [3.8, 4) is 11.6 Å². The lowest BCUT2D eigenvalue weighted by atomic mass is 9.99. The van der Waals surface area contributed by atoms with Crippen LogP contribution in [-0.2, 0) is 20.1 Å². The Morgan fingerprint density at radius 3 is 2.81 bits per heavy atom. The summed E-state index contributed by atoms with van der Waals surface area (Å²) in [5, 5.41) is 8.58. The number of likely N-dealkylation sites (tertiary alicyclic amines) is 1. The number of nitrogens with zero attached hydrogens (tertiary/aromatic N) is 6. The van der Waals surface area contributed by atoms with Crippen molar-refractivity contribution in [3.05, 3.63) is 41.9 Å². The van der Waals surface area contributed by atoms with Gasteiger partial charge in [-0.15, -0.1) is 10.2 Å². The van der Waals surface area contributed by atoms with Crippen molar-refractivity contribution in [1.82, 2.24) is 29.2 Å². The maximum absolute atomic E-state index is 5.98. The highest BCUT2D eigenvalue weighted by atomic mass is 16.4. The van der Waals surface area contributed by atoms with Crippen LogP contribution >= 0.6 is 0 Å². The SMILES string of the molecule is Cc1nccn1CC[C@H]1CCCCN1Cc1nnc(-c2ccc(C)n2C)o1. The van der Waals surface area contributed by atoms with Crippen molar-refractivity contribution in [2.45, 2.75) is 58.7 Å². The first-order valence-electron chi connectivity index (χ1n) is 9.78. The van der Waals surface area contributed by atoms with Crippen LogP contribution < -0.4 is 0 Å². The largest absolute Gasteiger partial charge is 0.418 e. The molecule has 1 atom stereocenters. The number of imidazole rings is 1. The molecule has 1 aliphatic rings. The van der Waals surface area contributed by atoms with Crippen molar-refractivity contribution in [2.24, 2.45) is 7.05 Å². The fourth-order valence-electron chi connectivity index (χ4n) is 3.95. The lowest BCUT2D eigenvalue weighted by molar-refractivity contribution is 0.117. The fourth-order valence-corrected chi connectivity index (χ4v) is 3.95. The molecular formula is C20H28N6O. The molecule has 0 N–H and O–H groups in total. The third kappa shape index (κ3) is 3.83. The van der Waals surface area contributed by atoms with E-state index >= 15 is 0 Å². The molecule has 0 radical (unpaired) electrons. The second-order valence-electron chi connectivity index (χ2n) is 7.50. The third-order valence-electron chi connectivity index (χ3n) is 5.77. The van der Waals surface area contributed by atoms with Crippen LogP contribution in [0.5, 0.6) is 0 Å². The number of aromatic nitrogens is 5. The second-order valence-corrected chi connectivity index (χ2v) is 7.50. The molecule has 1 saturated heterocycles. The van der Waals surface area contributed by atoms with Crippen LogP contribution in [0.25, 0.3) is 11.6 Å². The van der Waals surface area contributed by atoms with Gasteiger partial charge in [-0.3, -0.25) is 4.90 Å². The molecule has 0 aliphatic carbocycles. The van der Waals surface area contributed by atoms with Gasteiger partial charge in [0.25, 0.3) is 5.89 Å². The number of aryl methyl sites for hydroxylation is 3.